The first-order valence-corrected chi connectivity index (χ1v) is 9.63. The van der Waals surface area contributed by atoms with E-state index >= 15 is 0 Å². The maximum atomic E-state index is 12.5. The molecule has 6 nitrogen and oxygen atoms in total. The van der Waals surface area contributed by atoms with Gasteiger partial charge in [-0.15, -0.1) is 0 Å². The van der Waals surface area contributed by atoms with E-state index < -0.39 is 10.0 Å². The summed E-state index contributed by atoms with van der Waals surface area (Å²) >= 11 is 0. The number of carbonyl (C=O) groups is 1. The molecule has 0 bridgehead atoms. The van der Waals surface area contributed by atoms with E-state index in [-0.39, 0.29) is 11.7 Å². The topological polar surface area (TPSA) is 82.3 Å². The smallest absolute Gasteiger partial charge is 0.267 e. The summed E-state index contributed by atoms with van der Waals surface area (Å²) in [7, 11) is -3.30. The summed E-state index contributed by atoms with van der Waals surface area (Å²) in [6.45, 7) is 1.51. The molecule has 7 heteroatoms. The van der Waals surface area contributed by atoms with E-state index in [4.69, 9.17) is 0 Å². The lowest BCUT2D eigenvalue weighted by molar-refractivity contribution is 0.0946. The van der Waals surface area contributed by atoms with Crippen molar-refractivity contribution < 1.29 is 13.2 Å². The number of nitrogens with zero attached hydrogens (tertiary/aromatic N) is 1. The van der Waals surface area contributed by atoms with Crippen LogP contribution in [-0.4, -0.2) is 36.7 Å². The lowest BCUT2D eigenvalue weighted by Gasteiger charge is -2.17. The number of benzene rings is 1. The Hall–Kier alpha value is -2.12. The molecule has 1 aliphatic heterocycles. The van der Waals surface area contributed by atoms with E-state index in [0.717, 1.165) is 24.0 Å². The standard InChI is InChI=1S/C17H21N3O3S/c21-17(16-8-5-9-18-16)19-12-14-6-1-2-7-15(14)13-24(22,23)20-10-3-4-11-20/h1-2,5-9,18H,3-4,10-13H2,(H,19,21). The van der Waals surface area contributed by atoms with Gasteiger partial charge in [0.25, 0.3) is 5.91 Å². The number of aromatic amines is 1. The lowest BCUT2D eigenvalue weighted by Crippen LogP contribution is -2.30. The molecule has 3 rings (SSSR count). The number of aromatic nitrogens is 1. The Labute approximate surface area is 141 Å². The number of sulfonamides is 1. The fraction of sp³-hybridized carbons (Fsp3) is 0.353. The van der Waals surface area contributed by atoms with Gasteiger partial charge in [0, 0.05) is 25.8 Å². The third-order valence-corrected chi connectivity index (χ3v) is 6.02. The molecule has 0 aliphatic carbocycles. The monoisotopic (exact) mass is 347 g/mol. The maximum absolute atomic E-state index is 12.5. The zero-order valence-corrected chi connectivity index (χ0v) is 14.2. The van der Waals surface area contributed by atoms with E-state index in [1.165, 1.54) is 0 Å². The van der Waals surface area contributed by atoms with E-state index in [2.05, 4.69) is 10.3 Å². The van der Waals surface area contributed by atoms with Crippen LogP contribution in [0.25, 0.3) is 0 Å². The third-order valence-electron chi connectivity index (χ3n) is 4.20. The fourth-order valence-corrected chi connectivity index (χ4v) is 4.54. The van der Waals surface area contributed by atoms with Gasteiger partial charge in [-0.25, -0.2) is 12.7 Å². The van der Waals surface area contributed by atoms with Crippen molar-refractivity contribution in [2.24, 2.45) is 0 Å². The second-order valence-corrected chi connectivity index (χ2v) is 7.87. The van der Waals surface area contributed by atoms with Crippen molar-refractivity contribution in [2.75, 3.05) is 13.1 Å². The van der Waals surface area contributed by atoms with E-state index in [9.17, 15) is 13.2 Å². The van der Waals surface area contributed by atoms with Crippen LogP contribution in [0.1, 0.15) is 34.5 Å². The molecule has 0 saturated carbocycles. The second kappa shape index (κ2) is 7.19. The summed E-state index contributed by atoms with van der Waals surface area (Å²) in [5.41, 5.74) is 2.04. The molecule has 2 heterocycles. The normalized spacial score (nSPS) is 15.5. The highest BCUT2D eigenvalue weighted by atomic mass is 32.2. The molecule has 2 N–H and O–H groups in total. The zero-order chi connectivity index (χ0) is 17.0. The lowest BCUT2D eigenvalue weighted by atomic mass is 10.1. The van der Waals surface area contributed by atoms with Crippen molar-refractivity contribution in [1.82, 2.24) is 14.6 Å². The van der Waals surface area contributed by atoms with Crippen molar-refractivity contribution in [3.8, 4) is 0 Å². The maximum Gasteiger partial charge on any atom is 0.267 e. The predicted octanol–water partition coefficient (Wildman–Crippen LogP) is 1.87. The molecule has 2 aromatic rings. The number of H-pyrrole nitrogens is 1. The van der Waals surface area contributed by atoms with Gasteiger partial charge < -0.3 is 10.3 Å². The first-order chi connectivity index (χ1) is 11.6. The number of rotatable bonds is 6. The van der Waals surface area contributed by atoms with Gasteiger partial charge in [-0.1, -0.05) is 24.3 Å². The van der Waals surface area contributed by atoms with E-state index in [0.29, 0.717) is 25.3 Å². The van der Waals surface area contributed by atoms with E-state index in [1.807, 2.05) is 24.3 Å². The summed E-state index contributed by atoms with van der Waals surface area (Å²) < 4.78 is 26.6. The molecular formula is C17H21N3O3S. The minimum atomic E-state index is -3.30. The number of hydrogen-bond acceptors (Lipinski definition) is 3. The SMILES string of the molecule is O=C(NCc1ccccc1CS(=O)(=O)N1CCCC1)c1ccc[nH]1. The van der Waals surface area contributed by atoms with Gasteiger partial charge in [-0.05, 0) is 36.1 Å². The van der Waals surface area contributed by atoms with E-state index in [1.54, 1.807) is 22.6 Å². The molecule has 1 saturated heterocycles. The van der Waals surface area contributed by atoms with Crippen LogP contribution in [0, 0.1) is 0 Å². The molecule has 128 valence electrons. The summed E-state index contributed by atoms with van der Waals surface area (Å²) in [6.07, 6.45) is 3.53. The quantitative estimate of drug-likeness (QED) is 0.837. The molecule has 1 aliphatic rings. The van der Waals surface area contributed by atoms with Gasteiger partial charge >= 0.3 is 0 Å². The summed E-state index contributed by atoms with van der Waals surface area (Å²) in [5.74, 6) is -0.237. The Balaban J connectivity index is 1.70. The van der Waals surface area contributed by atoms with Crippen molar-refractivity contribution in [2.45, 2.75) is 25.1 Å². The fourth-order valence-electron chi connectivity index (χ4n) is 2.87. The molecule has 1 fully saturated rings. The van der Waals surface area contributed by atoms with Crippen molar-refractivity contribution in [3.63, 3.8) is 0 Å². The van der Waals surface area contributed by atoms with Crippen LogP contribution in [-0.2, 0) is 22.3 Å². The molecule has 1 aromatic carbocycles. The Kier molecular flexibility index (Phi) is 5.01. The first kappa shape index (κ1) is 16.7. The zero-order valence-electron chi connectivity index (χ0n) is 13.4. The summed E-state index contributed by atoms with van der Waals surface area (Å²) in [6, 6.07) is 10.8. The molecule has 0 unspecified atom stereocenters. The van der Waals surface area contributed by atoms with Gasteiger partial charge in [-0.3, -0.25) is 4.79 Å². The molecule has 1 aromatic heterocycles. The van der Waals surface area contributed by atoms with Crippen molar-refractivity contribution in [3.05, 3.63) is 59.4 Å². The molecule has 24 heavy (non-hydrogen) atoms. The van der Waals surface area contributed by atoms with Crippen LogP contribution >= 0.6 is 0 Å². The van der Waals surface area contributed by atoms with Gasteiger partial charge in [0.15, 0.2) is 0 Å². The number of hydrogen-bond donors (Lipinski definition) is 2. The highest BCUT2D eigenvalue weighted by Crippen LogP contribution is 2.19. The summed E-state index contributed by atoms with van der Waals surface area (Å²) in [5, 5.41) is 2.82. The average molecular weight is 347 g/mol. The highest BCUT2D eigenvalue weighted by molar-refractivity contribution is 7.88. The minimum Gasteiger partial charge on any atom is -0.357 e. The summed E-state index contributed by atoms with van der Waals surface area (Å²) in [4.78, 5) is 14.9. The number of nitrogens with one attached hydrogen (secondary N) is 2. The first-order valence-electron chi connectivity index (χ1n) is 8.02. The molecule has 0 atom stereocenters. The number of amides is 1. The van der Waals surface area contributed by atoms with Crippen LogP contribution in [0.4, 0.5) is 0 Å². The molecule has 0 spiro atoms. The van der Waals surface area contributed by atoms with Crippen LogP contribution < -0.4 is 5.32 Å². The van der Waals surface area contributed by atoms with Crippen LogP contribution in [0.15, 0.2) is 42.6 Å². The number of carbonyl (C=O) groups excluding carboxylic acids is 1. The Bertz CT molecular complexity index is 794. The van der Waals surface area contributed by atoms with Crippen molar-refractivity contribution >= 4 is 15.9 Å². The molecule has 1 amide bonds. The largest absolute Gasteiger partial charge is 0.357 e. The Morgan fingerprint density at radius 1 is 1.08 bits per heavy atom. The van der Waals surface area contributed by atoms with Gasteiger partial charge in [0.2, 0.25) is 10.0 Å². The van der Waals surface area contributed by atoms with Crippen LogP contribution in [0.3, 0.4) is 0 Å². The van der Waals surface area contributed by atoms with Gasteiger partial charge in [0.1, 0.15) is 5.69 Å². The van der Waals surface area contributed by atoms with Crippen molar-refractivity contribution in [1.29, 1.82) is 0 Å². The van der Waals surface area contributed by atoms with Gasteiger partial charge in [-0.2, -0.15) is 0 Å². The van der Waals surface area contributed by atoms with Gasteiger partial charge in [0.05, 0.1) is 5.75 Å². The highest BCUT2D eigenvalue weighted by Gasteiger charge is 2.26. The van der Waals surface area contributed by atoms with Crippen LogP contribution in [0.2, 0.25) is 0 Å². The van der Waals surface area contributed by atoms with Crippen LogP contribution in [0.5, 0.6) is 0 Å². The molecule has 0 radical (unpaired) electrons. The third kappa shape index (κ3) is 3.85. The Morgan fingerprint density at radius 3 is 2.46 bits per heavy atom. The molecular weight excluding hydrogens is 326 g/mol. The second-order valence-electron chi connectivity index (χ2n) is 5.90. The Morgan fingerprint density at radius 2 is 1.79 bits per heavy atom. The minimum absolute atomic E-state index is 0.0262. The average Bonchev–Trinajstić information content (AvgIpc) is 3.26. The predicted molar refractivity (Wildman–Crippen MR) is 91.8 cm³/mol.